The Labute approximate surface area is 87.9 Å². The third-order valence-electron chi connectivity index (χ3n) is 2.12. The molecule has 0 atom stereocenters. The predicted octanol–water partition coefficient (Wildman–Crippen LogP) is 1.69. The highest BCUT2D eigenvalue weighted by Crippen LogP contribution is 2.16. The number of nitrogen functional groups attached to an aromatic ring is 1. The van der Waals surface area contributed by atoms with Crippen LogP contribution in [0.2, 0.25) is 0 Å². The van der Waals surface area contributed by atoms with Gasteiger partial charge in [-0.05, 0) is 19.1 Å². The summed E-state index contributed by atoms with van der Waals surface area (Å²) >= 11 is 0. The molecule has 0 spiro atoms. The van der Waals surface area contributed by atoms with Gasteiger partial charge >= 0.3 is 0 Å². The molecule has 0 bridgehead atoms. The van der Waals surface area contributed by atoms with Crippen molar-refractivity contribution in [2.45, 2.75) is 20.0 Å². The van der Waals surface area contributed by atoms with E-state index in [1.807, 2.05) is 25.3 Å². The largest absolute Gasteiger partial charge is 0.467 e. The maximum Gasteiger partial charge on any atom is 0.171 e. The molecule has 0 aliphatic carbocycles. The van der Waals surface area contributed by atoms with Crippen molar-refractivity contribution in [3.05, 3.63) is 30.4 Å². The van der Waals surface area contributed by atoms with Crippen LogP contribution in [0.5, 0.6) is 0 Å². The second kappa shape index (κ2) is 4.08. The van der Waals surface area contributed by atoms with E-state index in [0.717, 1.165) is 12.3 Å². The molecule has 0 saturated carbocycles. The van der Waals surface area contributed by atoms with Crippen molar-refractivity contribution < 1.29 is 4.42 Å². The number of nitrogens with zero attached hydrogens (tertiary/aromatic N) is 2. The first-order chi connectivity index (χ1) is 7.29. The van der Waals surface area contributed by atoms with Gasteiger partial charge in [0.1, 0.15) is 5.76 Å². The molecule has 0 aliphatic rings. The Hall–Kier alpha value is -1.91. The van der Waals surface area contributed by atoms with E-state index in [1.165, 1.54) is 0 Å². The van der Waals surface area contributed by atoms with Gasteiger partial charge in [-0.1, -0.05) is 0 Å². The highest BCUT2D eigenvalue weighted by molar-refractivity contribution is 5.59. The van der Waals surface area contributed by atoms with Crippen molar-refractivity contribution in [2.24, 2.45) is 0 Å². The minimum atomic E-state index is 0.595. The van der Waals surface area contributed by atoms with Crippen LogP contribution < -0.4 is 11.1 Å². The number of nitrogens with one attached hydrogen (secondary N) is 1. The van der Waals surface area contributed by atoms with Crippen molar-refractivity contribution in [3.8, 4) is 0 Å². The van der Waals surface area contributed by atoms with Crippen LogP contribution >= 0.6 is 0 Å². The molecule has 2 heterocycles. The van der Waals surface area contributed by atoms with Crippen molar-refractivity contribution >= 4 is 11.5 Å². The molecule has 2 rings (SSSR count). The van der Waals surface area contributed by atoms with E-state index in [1.54, 1.807) is 10.9 Å². The van der Waals surface area contributed by atoms with Gasteiger partial charge in [-0.15, -0.1) is 0 Å². The predicted molar refractivity (Wildman–Crippen MR) is 58.3 cm³/mol. The SMILES string of the molecule is CCn1cc(N)c(NCc2ccco2)n1. The third-order valence-corrected chi connectivity index (χ3v) is 2.12. The second-order valence-corrected chi connectivity index (χ2v) is 3.22. The van der Waals surface area contributed by atoms with Crippen LogP contribution in [0.15, 0.2) is 29.0 Å². The van der Waals surface area contributed by atoms with Crippen LogP contribution in [-0.2, 0) is 13.1 Å². The van der Waals surface area contributed by atoms with E-state index >= 15 is 0 Å². The number of rotatable bonds is 4. The summed E-state index contributed by atoms with van der Waals surface area (Å²) in [6.07, 6.45) is 3.45. The average molecular weight is 206 g/mol. The molecule has 0 saturated heterocycles. The van der Waals surface area contributed by atoms with Gasteiger partial charge in [-0.25, -0.2) is 0 Å². The monoisotopic (exact) mass is 206 g/mol. The summed E-state index contributed by atoms with van der Waals surface area (Å²) < 4.78 is 6.98. The molecular weight excluding hydrogens is 192 g/mol. The molecule has 0 fully saturated rings. The molecule has 0 aromatic carbocycles. The summed E-state index contributed by atoms with van der Waals surface area (Å²) in [5, 5.41) is 7.39. The molecule has 80 valence electrons. The summed E-state index contributed by atoms with van der Waals surface area (Å²) in [5.74, 6) is 1.56. The quantitative estimate of drug-likeness (QED) is 0.798. The maximum atomic E-state index is 5.78. The normalized spacial score (nSPS) is 10.5. The zero-order chi connectivity index (χ0) is 10.7. The molecule has 15 heavy (non-hydrogen) atoms. The summed E-state index contributed by atoms with van der Waals surface area (Å²) in [5.41, 5.74) is 6.44. The van der Waals surface area contributed by atoms with Crippen LogP contribution in [0.4, 0.5) is 11.5 Å². The van der Waals surface area contributed by atoms with E-state index < -0.39 is 0 Å². The number of furan rings is 1. The van der Waals surface area contributed by atoms with Crippen molar-refractivity contribution in [1.29, 1.82) is 0 Å². The Morgan fingerprint density at radius 1 is 1.60 bits per heavy atom. The lowest BCUT2D eigenvalue weighted by molar-refractivity contribution is 0.517. The molecular formula is C10H14N4O. The van der Waals surface area contributed by atoms with Crippen LogP contribution in [0.25, 0.3) is 0 Å². The number of anilines is 2. The first kappa shape index (κ1) is 9.64. The van der Waals surface area contributed by atoms with E-state index in [2.05, 4.69) is 10.4 Å². The van der Waals surface area contributed by atoms with Crippen LogP contribution in [0.1, 0.15) is 12.7 Å². The number of hydrogen-bond acceptors (Lipinski definition) is 4. The van der Waals surface area contributed by atoms with Crippen molar-refractivity contribution in [1.82, 2.24) is 9.78 Å². The Morgan fingerprint density at radius 2 is 2.47 bits per heavy atom. The molecule has 3 N–H and O–H groups in total. The molecule has 2 aromatic rings. The first-order valence-corrected chi connectivity index (χ1v) is 4.88. The van der Waals surface area contributed by atoms with Gasteiger partial charge in [-0.2, -0.15) is 5.10 Å². The van der Waals surface area contributed by atoms with Gasteiger partial charge in [0.15, 0.2) is 5.82 Å². The van der Waals surface area contributed by atoms with Crippen LogP contribution in [0.3, 0.4) is 0 Å². The van der Waals surface area contributed by atoms with Crippen molar-refractivity contribution in [2.75, 3.05) is 11.1 Å². The lowest BCUT2D eigenvalue weighted by atomic mass is 10.4. The second-order valence-electron chi connectivity index (χ2n) is 3.22. The summed E-state index contributed by atoms with van der Waals surface area (Å²) in [7, 11) is 0. The summed E-state index contributed by atoms with van der Waals surface area (Å²) in [6.45, 7) is 3.42. The zero-order valence-electron chi connectivity index (χ0n) is 8.60. The van der Waals surface area contributed by atoms with E-state index in [-0.39, 0.29) is 0 Å². The van der Waals surface area contributed by atoms with Crippen LogP contribution in [0, 0.1) is 0 Å². The molecule has 0 unspecified atom stereocenters. The maximum absolute atomic E-state index is 5.78. The first-order valence-electron chi connectivity index (χ1n) is 4.88. The van der Waals surface area contributed by atoms with Gasteiger partial charge in [0.25, 0.3) is 0 Å². The van der Waals surface area contributed by atoms with Crippen molar-refractivity contribution in [3.63, 3.8) is 0 Å². The van der Waals surface area contributed by atoms with Gasteiger partial charge in [0.05, 0.1) is 24.7 Å². The van der Waals surface area contributed by atoms with E-state index in [4.69, 9.17) is 10.2 Å². The number of aromatic nitrogens is 2. The molecule has 0 aliphatic heterocycles. The highest BCUT2D eigenvalue weighted by atomic mass is 16.3. The Balaban J connectivity index is 2.01. The topological polar surface area (TPSA) is 69.0 Å². The summed E-state index contributed by atoms with van der Waals surface area (Å²) in [4.78, 5) is 0. The molecule has 0 radical (unpaired) electrons. The van der Waals surface area contributed by atoms with E-state index in [0.29, 0.717) is 18.1 Å². The average Bonchev–Trinajstić information content (AvgIpc) is 2.84. The fourth-order valence-electron chi connectivity index (χ4n) is 1.32. The fourth-order valence-corrected chi connectivity index (χ4v) is 1.32. The summed E-state index contributed by atoms with van der Waals surface area (Å²) in [6, 6.07) is 3.75. The Kier molecular flexibility index (Phi) is 2.62. The van der Waals surface area contributed by atoms with Crippen LogP contribution in [-0.4, -0.2) is 9.78 Å². The minimum Gasteiger partial charge on any atom is -0.467 e. The molecule has 2 aromatic heterocycles. The molecule has 0 amide bonds. The zero-order valence-corrected chi connectivity index (χ0v) is 8.60. The Morgan fingerprint density at radius 3 is 3.07 bits per heavy atom. The highest BCUT2D eigenvalue weighted by Gasteiger charge is 2.04. The standard InChI is InChI=1S/C10H14N4O/c1-2-14-7-9(11)10(13-14)12-6-8-4-3-5-15-8/h3-5,7H,2,6,11H2,1H3,(H,12,13). The lowest BCUT2D eigenvalue weighted by Crippen LogP contribution is -2.02. The third kappa shape index (κ3) is 2.12. The van der Waals surface area contributed by atoms with E-state index in [9.17, 15) is 0 Å². The van der Waals surface area contributed by atoms with Gasteiger partial charge < -0.3 is 15.5 Å². The van der Waals surface area contributed by atoms with Gasteiger partial charge in [-0.3, -0.25) is 4.68 Å². The fraction of sp³-hybridized carbons (Fsp3) is 0.300. The lowest BCUT2D eigenvalue weighted by Gasteiger charge is -2.00. The number of aryl methyl sites for hydroxylation is 1. The number of hydrogen-bond donors (Lipinski definition) is 2. The smallest absolute Gasteiger partial charge is 0.171 e. The van der Waals surface area contributed by atoms with Gasteiger partial charge in [0.2, 0.25) is 0 Å². The molecule has 5 nitrogen and oxygen atoms in total. The minimum absolute atomic E-state index is 0.595. The molecule has 5 heteroatoms. The Bertz CT molecular complexity index is 419. The number of nitrogens with two attached hydrogens (primary N) is 1. The van der Waals surface area contributed by atoms with Gasteiger partial charge in [0, 0.05) is 6.54 Å².